The van der Waals surface area contributed by atoms with Crippen LogP contribution < -0.4 is 4.74 Å². The summed E-state index contributed by atoms with van der Waals surface area (Å²) in [5, 5.41) is 8.49. The monoisotopic (exact) mass is 372 g/mol. The van der Waals surface area contributed by atoms with Crippen molar-refractivity contribution in [3.8, 4) is 17.2 Å². The predicted molar refractivity (Wildman–Crippen MR) is 102 cm³/mol. The standard InChI is InChI=1S/C20H28N4O3/c1-25-18-7-3-2-6-17(18)20-22-21-19(27-20)15-24-8-4-5-16(14-24)13-23-9-11-26-12-10-23/h2-3,6-7,16H,4-5,8-15H2,1H3. The molecule has 0 amide bonds. The lowest BCUT2D eigenvalue weighted by atomic mass is 9.97. The molecular weight excluding hydrogens is 344 g/mol. The van der Waals surface area contributed by atoms with Gasteiger partial charge in [-0.15, -0.1) is 10.2 Å². The quantitative estimate of drug-likeness (QED) is 0.771. The van der Waals surface area contributed by atoms with Gasteiger partial charge in [0.05, 0.1) is 32.4 Å². The van der Waals surface area contributed by atoms with Crippen LogP contribution in [0, 0.1) is 5.92 Å². The van der Waals surface area contributed by atoms with Crippen molar-refractivity contribution >= 4 is 0 Å². The van der Waals surface area contributed by atoms with Crippen LogP contribution in [0.5, 0.6) is 5.75 Å². The van der Waals surface area contributed by atoms with Crippen LogP contribution in [0.1, 0.15) is 18.7 Å². The third-order valence-electron chi connectivity index (χ3n) is 5.39. The predicted octanol–water partition coefficient (Wildman–Crippen LogP) is 2.29. The number of aromatic nitrogens is 2. The van der Waals surface area contributed by atoms with Gasteiger partial charge >= 0.3 is 0 Å². The highest BCUT2D eigenvalue weighted by Gasteiger charge is 2.24. The number of methoxy groups -OCH3 is 1. The maximum atomic E-state index is 5.93. The van der Waals surface area contributed by atoms with Crippen LogP contribution in [0.25, 0.3) is 11.5 Å². The van der Waals surface area contributed by atoms with E-state index in [9.17, 15) is 0 Å². The van der Waals surface area contributed by atoms with Gasteiger partial charge in [-0.1, -0.05) is 12.1 Å². The van der Waals surface area contributed by atoms with Gasteiger partial charge < -0.3 is 13.9 Å². The van der Waals surface area contributed by atoms with Gasteiger partial charge in [0.1, 0.15) is 5.75 Å². The molecule has 7 nitrogen and oxygen atoms in total. The zero-order valence-electron chi connectivity index (χ0n) is 16.0. The van der Waals surface area contributed by atoms with E-state index in [1.807, 2.05) is 24.3 Å². The smallest absolute Gasteiger partial charge is 0.251 e. The number of benzene rings is 1. The Morgan fingerprint density at radius 2 is 1.96 bits per heavy atom. The highest BCUT2D eigenvalue weighted by Crippen LogP contribution is 2.29. The van der Waals surface area contributed by atoms with E-state index in [1.54, 1.807) is 7.11 Å². The fourth-order valence-corrected chi connectivity index (χ4v) is 4.03. The van der Waals surface area contributed by atoms with Gasteiger partial charge in [-0.2, -0.15) is 0 Å². The number of piperidine rings is 1. The van der Waals surface area contributed by atoms with Gasteiger partial charge in [-0.25, -0.2) is 0 Å². The van der Waals surface area contributed by atoms with Crippen molar-refractivity contribution in [1.29, 1.82) is 0 Å². The lowest BCUT2D eigenvalue weighted by Crippen LogP contribution is -2.44. The lowest BCUT2D eigenvalue weighted by molar-refractivity contribution is 0.0219. The van der Waals surface area contributed by atoms with Crippen molar-refractivity contribution in [3.63, 3.8) is 0 Å². The van der Waals surface area contributed by atoms with Gasteiger partial charge in [-0.05, 0) is 37.4 Å². The second-order valence-corrected chi connectivity index (χ2v) is 7.36. The molecule has 7 heteroatoms. The van der Waals surface area contributed by atoms with Crippen LogP contribution in [0.2, 0.25) is 0 Å². The summed E-state index contributed by atoms with van der Waals surface area (Å²) >= 11 is 0. The van der Waals surface area contributed by atoms with Gasteiger partial charge in [0, 0.05) is 26.2 Å². The fourth-order valence-electron chi connectivity index (χ4n) is 4.03. The van der Waals surface area contributed by atoms with E-state index in [0.717, 1.165) is 57.3 Å². The molecule has 0 saturated carbocycles. The van der Waals surface area contributed by atoms with E-state index in [1.165, 1.54) is 12.8 Å². The Morgan fingerprint density at radius 3 is 2.81 bits per heavy atom. The molecule has 4 rings (SSSR count). The number of hydrogen-bond acceptors (Lipinski definition) is 7. The molecule has 0 radical (unpaired) electrons. The molecule has 2 saturated heterocycles. The molecule has 0 spiro atoms. The van der Waals surface area contributed by atoms with Crippen molar-refractivity contribution < 1.29 is 13.9 Å². The first kappa shape index (κ1) is 18.4. The molecule has 27 heavy (non-hydrogen) atoms. The van der Waals surface area contributed by atoms with Crippen LogP contribution in [0.3, 0.4) is 0 Å². The number of rotatable bonds is 6. The normalized spacial score (nSPS) is 22.0. The summed E-state index contributed by atoms with van der Waals surface area (Å²) in [6, 6.07) is 7.72. The number of hydrogen-bond donors (Lipinski definition) is 0. The molecular formula is C20H28N4O3. The highest BCUT2D eigenvalue weighted by atomic mass is 16.5. The molecule has 3 heterocycles. The molecule has 1 aromatic heterocycles. The zero-order chi connectivity index (χ0) is 18.5. The second kappa shape index (κ2) is 8.82. The van der Waals surface area contributed by atoms with E-state index in [-0.39, 0.29) is 0 Å². The Morgan fingerprint density at radius 1 is 1.11 bits per heavy atom. The number of morpholine rings is 1. The average molecular weight is 372 g/mol. The van der Waals surface area contributed by atoms with Crippen molar-refractivity contribution in [3.05, 3.63) is 30.2 Å². The highest BCUT2D eigenvalue weighted by molar-refractivity contribution is 5.62. The van der Waals surface area contributed by atoms with Crippen LogP contribution in [-0.4, -0.2) is 73.0 Å². The van der Waals surface area contributed by atoms with Crippen LogP contribution >= 0.6 is 0 Å². The van der Waals surface area contributed by atoms with Crippen molar-refractivity contribution in [2.24, 2.45) is 5.92 Å². The van der Waals surface area contributed by atoms with Gasteiger partial charge in [-0.3, -0.25) is 9.80 Å². The summed E-state index contributed by atoms with van der Waals surface area (Å²) in [6.07, 6.45) is 2.52. The minimum atomic E-state index is 0.518. The number of nitrogens with zero attached hydrogens (tertiary/aromatic N) is 4. The van der Waals surface area contributed by atoms with E-state index < -0.39 is 0 Å². The zero-order valence-corrected chi connectivity index (χ0v) is 16.0. The molecule has 0 aliphatic carbocycles. The first-order valence-corrected chi connectivity index (χ1v) is 9.80. The van der Waals surface area contributed by atoms with Gasteiger partial charge in [0.2, 0.25) is 5.89 Å². The fraction of sp³-hybridized carbons (Fsp3) is 0.600. The lowest BCUT2D eigenvalue weighted by Gasteiger charge is -2.36. The minimum absolute atomic E-state index is 0.518. The first-order valence-electron chi connectivity index (χ1n) is 9.80. The molecule has 0 N–H and O–H groups in total. The third kappa shape index (κ3) is 4.66. The average Bonchev–Trinajstić information content (AvgIpc) is 3.17. The summed E-state index contributed by atoms with van der Waals surface area (Å²) in [5.41, 5.74) is 0.836. The Hall–Kier alpha value is -1.96. The summed E-state index contributed by atoms with van der Waals surface area (Å²) in [7, 11) is 1.65. The van der Waals surface area contributed by atoms with Gasteiger partial charge in [0.25, 0.3) is 5.89 Å². The maximum Gasteiger partial charge on any atom is 0.251 e. The Labute approximate surface area is 160 Å². The number of ether oxygens (including phenoxy) is 2. The summed E-state index contributed by atoms with van der Waals surface area (Å²) in [5.74, 6) is 2.64. The molecule has 2 aliphatic rings. The number of para-hydroxylation sites is 1. The summed E-state index contributed by atoms with van der Waals surface area (Å²) in [6.45, 7) is 7.90. The van der Waals surface area contributed by atoms with Gasteiger partial charge in [0.15, 0.2) is 0 Å². The molecule has 1 unspecified atom stereocenters. The van der Waals surface area contributed by atoms with Crippen LogP contribution in [-0.2, 0) is 11.3 Å². The van der Waals surface area contributed by atoms with Crippen molar-refractivity contribution in [1.82, 2.24) is 20.0 Å². The molecule has 2 aromatic rings. The molecule has 1 atom stereocenters. The molecule has 1 aromatic carbocycles. The minimum Gasteiger partial charge on any atom is -0.496 e. The van der Waals surface area contributed by atoms with Crippen molar-refractivity contribution in [2.45, 2.75) is 19.4 Å². The van der Waals surface area contributed by atoms with E-state index in [4.69, 9.17) is 13.9 Å². The Balaban J connectivity index is 1.35. The second-order valence-electron chi connectivity index (χ2n) is 7.36. The summed E-state index contributed by atoms with van der Waals surface area (Å²) < 4.78 is 16.8. The maximum absolute atomic E-state index is 5.93. The molecule has 2 aliphatic heterocycles. The number of likely N-dealkylation sites (tertiary alicyclic amines) is 1. The van der Waals surface area contributed by atoms with Crippen LogP contribution in [0.15, 0.2) is 28.7 Å². The van der Waals surface area contributed by atoms with E-state index in [0.29, 0.717) is 24.2 Å². The van der Waals surface area contributed by atoms with E-state index in [2.05, 4.69) is 20.0 Å². The Kier molecular flexibility index (Phi) is 6.01. The molecule has 0 bridgehead atoms. The summed E-state index contributed by atoms with van der Waals surface area (Å²) in [4.78, 5) is 4.97. The molecule has 2 fully saturated rings. The van der Waals surface area contributed by atoms with Crippen molar-refractivity contribution in [2.75, 3.05) is 53.0 Å². The first-order chi connectivity index (χ1) is 13.3. The topological polar surface area (TPSA) is 63.9 Å². The molecule has 146 valence electrons. The van der Waals surface area contributed by atoms with Crippen LogP contribution in [0.4, 0.5) is 0 Å². The van der Waals surface area contributed by atoms with E-state index >= 15 is 0 Å². The Bertz CT molecular complexity index is 730. The third-order valence-corrected chi connectivity index (χ3v) is 5.39. The largest absolute Gasteiger partial charge is 0.496 e. The SMILES string of the molecule is COc1ccccc1-c1nnc(CN2CCCC(CN3CCOCC3)C2)o1.